The van der Waals surface area contributed by atoms with Crippen molar-refractivity contribution in [1.29, 1.82) is 0 Å². The zero-order valence-electron chi connectivity index (χ0n) is 17.8. The first-order chi connectivity index (χ1) is 14.7. The standard InChI is InChI=1S/C22H29N7O/c1-14-12-23-25-19(14)17-15-8-4-3-5-9-16(15)24-20(18(17)21-26-28-29-27-21)22(13-30-2)10-6-7-11-22/h12H,3-11,13H2,1-2H3,(H,23,25)(H,26,27,28,29). The Labute approximate surface area is 176 Å². The molecule has 30 heavy (non-hydrogen) atoms. The highest BCUT2D eigenvalue weighted by Gasteiger charge is 2.42. The van der Waals surface area contributed by atoms with E-state index < -0.39 is 0 Å². The van der Waals surface area contributed by atoms with E-state index in [2.05, 4.69) is 37.7 Å². The van der Waals surface area contributed by atoms with Crippen molar-refractivity contribution in [3.63, 3.8) is 0 Å². The second-order valence-corrected chi connectivity index (χ2v) is 8.78. The van der Waals surface area contributed by atoms with Crippen LogP contribution in [0.15, 0.2) is 6.20 Å². The fourth-order valence-corrected chi connectivity index (χ4v) is 5.44. The number of nitrogens with one attached hydrogen (secondary N) is 2. The summed E-state index contributed by atoms with van der Waals surface area (Å²) in [6.07, 6.45) is 12.1. The number of methoxy groups -OCH3 is 1. The molecule has 1 fully saturated rings. The molecule has 8 heteroatoms. The van der Waals surface area contributed by atoms with E-state index in [0.29, 0.717) is 12.4 Å². The van der Waals surface area contributed by atoms with Crippen LogP contribution in [0.2, 0.25) is 0 Å². The Morgan fingerprint density at radius 3 is 2.60 bits per heavy atom. The summed E-state index contributed by atoms with van der Waals surface area (Å²) in [4.78, 5) is 5.37. The van der Waals surface area contributed by atoms with Crippen molar-refractivity contribution in [2.24, 2.45) is 0 Å². The van der Waals surface area contributed by atoms with Crippen LogP contribution in [0.4, 0.5) is 0 Å². The molecule has 0 unspecified atom stereocenters. The first kappa shape index (κ1) is 19.4. The molecule has 0 saturated heterocycles. The van der Waals surface area contributed by atoms with Crippen LogP contribution in [0.5, 0.6) is 0 Å². The van der Waals surface area contributed by atoms with Gasteiger partial charge in [-0.2, -0.15) is 5.10 Å². The molecule has 3 heterocycles. The van der Waals surface area contributed by atoms with Gasteiger partial charge >= 0.3 is 0 Å². The molecule has 3 aromatic heterocycles. The Morgan fingerprint density at radius 2 is 1.90 bits per heavy atom. The molecule has 0 bridgehead atoms. The zero-order chi connectivity index (χ0) is 20.6. The van der Waals surface area contributed by atoms with Gasteiger partial charge in [-0.05, 0) is 67.0 Å². The summed E-state index contributed by atoms with van der Waals surface area (Å²) in [5, 5.41) is 22.9. The summed E-state index contributed by atoms with van der Waals surface area (Å²) in [6.45, 7) is 2.76. The molecule has 2 N–H and O–H groups in total. The number of aryl methyl sites for hydroxylation is 2. The lowest BCUT2D eigenvalue weighted by molar-refractivity contribution is 0.129. The van der Waals surface area contributed by atoms with E-state index in [1.54, 1.807) is 7.11 Å². The van der Waals surface area contributed by atoms with Gasteiger partial charge in [0, 0.05) is 30.0 Å². The number of fused-ring (bicyclic) bond motifs is 1. The van der Waals surface area contributed by atoms with Crippen LogP contribution in [-0.2, 0) is 23.0 Å². The molecule has 0 atom stereocenters. The van der Waals surface area contributed by atoms with Gasteiger partial charge in [-0.1, -0.05) is 19.3 Å². The van der Waals surface area contributed by atoms with Gasteiger partial charge in [0.15, 0.2) is 5.82 Å². The predicted octanol–water partition coefficient (Wildman–Crippen LogP) is 3.69. The van der Waals surface area contributed by atoms with Crippen molar-refractivity contribution in [2.45, 2.75) is 70.1 Å². The summed E-state index contributed by atoms with van der Waals surface area (Å²) in [7, 11) is 1.79. The van der Waals surface area contributed by atoms with Gasteiger partial charge in [0.1, 0.15) is 0 Å². The second-order valence-electron chi connectivity index (χ2n) is 8.78. The molecular formula is C22H29N7O. The summed E-state index contributed by atoms with van der Waals surface area (Å²) in [5.41, 5.74) is 7.76. The number of tetrazole rings is 1. The Morgan fingerprint density at radius 1 is 1.07 bits per heavy atom. The quantitative estimate of drug-likeness (QED) is 0.625. The van der Waals surface area contributed by atoms with Gasteiger partial charge in [-0.15, -0.1) is 5.10 Å². The van der Waals surface area contributed by atoms with Crippen LogP contribution in [0.1, 0.15) is 67.5 Å². The lowest BCUT2D eigenvalue weighted by Gasteiger charge is -2.31. The maximum Gasteiger partial charge on any atom is 0.181 e. The normalized spacial score (nSPS) is 18.3. The lowest BCUT2D eigenvalue weighted by Crippen LogP contribution is -2.31. The zero-order valence-corrected chi connectivity index (χ0v) is 17.8. The monoisotopic (exact) mass is 407 g/mol. The highest BCUT2D eigenvalue weighted by atomic mass is 16.5. The Bertz CT molecular complexity index is 1020. The SMILES string of the molecule is COCC1(c2nc3c(c(-c4n[nH]cc4C)c2-c2nnn[nH]2)CCCCC3)CCCC1. The fraction of sp³-hybridized carbons (Fsp3) is 0.591. The minimum Gasteiger partial charge on any atom is -0.384 e. The summed E-state index contributed by atoms with van der Waals surface area (Å²) in [6, 6.07) is 0. The van der Waals surface area contributed by atoms with Gasteiger partial charge in [0.2, 0.25) is 0 Å². The van der Waals surface area contributed by atoms with Gasteiger partial charge in [0.25, 0.3) is 0 Å². The van der Waals surface area contributed by atoms with Crippen molar-refractivity contribution in [1.82, 2.24) is 35.8 Å². The molecule has 0 radical (unpaired) electrons. The van der Waals surface area contributed by atoms with Crippen LogP contribution < -0.4 is 0 Å². The van der Waals surface area contributed by atoms with Crippen LogP contribution in [0.3, 0.4) is 0 Å². The molecule has 1 saturated carbocycles. The van der Waals surface area contributed by atoms with Crippen molar-refractivity contribution in [3.05, 3.63) is 28.7 Å². The molecule has 0 aromatic carbocycles. The summed E-state index contributed by atoms with van der Waals surface area (Å²) in [5.74, 6) is 0.671. The first-order valence-corrected chi connectivity index (χ1v) is 11.0. The molecular weight excluding hydrogens is 378 g/mol. The topological polar surface area (TPSA) is 105 Å². The summed E-state index contributed by atoms with van der Waals surface area (Å²) >= 11 is 0. The lowest BCUT2D eigenvalue weighted by atomic mass is 9.77. The highest BCUT2D eigenvalue weighted by molar-refractivity contribution is 5.85. The number of pyridine rings is 1. The molecule has 0 amide bonds. The van der Waals surface area contributed by atoms with Crippen LogP contribution in [0.25, 0.3) is 22.6 Å². The first-order valence-electron chi connectivity index (χ1n) is 11.0. The van der Waals surface area contributed by atoms with Crippen molar-refractivity contribution < 1.29 is 4.74 Å². The number of rotatable bonds is 5. The summed E-state index contributed by atoms with van der Waals surface area (Å²) < 4.78 is 5.76. The van der Waals surface area contributed by atoms with Crippen LogP contribution in [0, 0.1) is 6.92 Å². The third-order valence-corrected chi connectivity index (χ3v) is 6.86. The Kier molecular flexibility index (Phi) is 5.10. The van der Waals surface area contributed by atoms with E-state index >= 15 is 0 Å². The number of ether oxygens (including phenoxy) is 1. The van der Waals surface area contributed by atoms with Crippen molar-refractivity contribution in [3.8, 4) is 22.6 Å². The maximum atomic E-state index is 5.76. The number of aromatic amines is 2. The number of hydrogen-bond acceptors (Lipinski definition) is 6. The van der Waals surface area contributed by atoms with E-state index in [9.17, 15) is 0 Å². The van der Waals surface area contributed by atoms with Crippen LogP contribution >= 0.6 is 0 Å². The maximum absolute atomic E-state index is 5.76. The third kappa shape index (κ3) is 3.14. The van der Waals surface area contributed by atoms with Gasteiger partial charge in [0.05, 0.1) is 23.6 Å². The average Bonchev–Trinajstić information content (AvgIpc) is 3.48. The fourth-order valence-electron chi connectivity index (χ4n) is 5.44. The van der Waals surface area contributed by atoms with E-state index in [0.717, 1.165) is 53.8 Å². The van der Waals surface area contributed by atoms with E-state index in [1.807, 2.05) is 6.20 Å². The molecule has 158 valence electrons. The number of hydrogen-bond donors (Lipinski definition) is 2. The largest absolute Gasteiger partial charge is 0.384 e. The van der Waals surface area contributed by atoms with Crippen LogP contribution in [-0.4, -0.2) is 49.5 Å². The van der Waals surface area contributed by atoms with Crippen molar-refractivity contribution in [2.75, 3.05) is 13.7 Å². The minimum atomic E-state index is -0.114. The van der Waals surface area contributed by atoms with E-state index in [1.165, 1.54) is 43.4 Å². The van der Waals surface area contributed by atoms with Gasteiger partial charge in [-0.25, -0.2) is 5.10 Å². The van der Waals surface area contributed by atoms with Gasteiger partial charge < -0.3 is 4.74 Å². The molecule has 2 aliphatic rings. The molecule has 5 rings (SSSR count). The average molecular weight is 408 g/mol. The molecule has 0 aliphatic heterocycles. The Balaban J connectivity index is 1.87. The van der Waals surface area contributed by atoms with E-state index in [4.69, 9.17) is 9.72 Å². The number of H-pyrrole nitrogens is 2. The minimum absolute atomic E-state index is 0.114. The molecule has 8 nitrogen and oxygen atoms in total. The highest BCUT2D eigenvalue weighted by Crippen LogP contribution is 2.48. The Hall–Kier alpha value is -2.61. The smallest absolute Gasteiger partial charge is 0.181 e. The molecule has 2 aliphatic carbocycles. The second kappa shape index (κ2) is 7.91. The number of aromatic nitrogens is 7. The predicted molar refractivity (Wildman–Crippen MR) is 113 cm³/mol. The van der Waals surface area contributed by atoms with Crippen molar-refractivity contribution >= 4 is 0 Å². The van der Waals surface area contributed by atoms with E-state index in [-0.39, 0.29) is 5.41 Å². The number of nitrogens with zero attached hydrogens (tertiary/aromatic N) is 5. The molecule has 3 aromatic rings. The third-order valence-electron chi connectivity index (χ3n) is 6.86. The molecule has 0 spiro atoms. The van der Waals surface area contributed by atoms with Gasteiger partial charge in [-0.3, -0.25) is 10.1 Å².